The quantitative estimate of drug-likeness (QED) is 0.391. The second-order valence-electron chi connectivity index (χ2n) is 9.42. The Morgan fingerprint density at radius 2 is 2.17 bits per heavy atom. The van der Waals surface area contributed by atoms with Gasteiger partial charge in [0.25, 0.3) is 5.91 Å². The zero-order valence-electron chi connectivity index (χ0n) is 19.9. The summed E-state index contributed by atoms with van der Waals surface area (Å²) in [6, 6.07) is 4.97. The number of ether oxygens (including phenoxy) is 1. The third-order valence-electron chi connectivity index (χ3n) is 7.24. The van der Waals surface area contributed by atoms with E-state index in [0.717, 1.165) is 23.8 Å². The molecule has 1 saturated heterocycles. The molecule has 4 atom stereocenters. The van der Waals surface area contributed by atoms with Crippen molar-refractivity contribution in [2.75, 3.05) is 25.6 Å². The van der Waals surface area contributed by atoms with Gasteiger partial charge in [-0.25, -0.2) is 14.4 Å². The number of alkyl halides is 1. The lowest BCUT2D eigenvalue weighted by Crippen LogP contribution is -2.39. The maximum atomic E-state index is 14.8. The molecule has 4 aromatic rings. The van der Waals surface area contributed by atoms with Gasteiger partial charge in [0.15, 0.2) is 5.65 Å². The fourth-order valence-electron chi connectivity index (χ4n) is 5.34. The maximum Gasteiger partial charge on any atom is 0.257 e. The molecule has 4 aromatic heterocycles. The second-order valence-corrected chi connectivity index (χ2v) is 9.42. The largest absolute Gasteiger partial charge is 0.391 e. The first-order chi connectivity index (χ1) is 17.5. The maximum absolute atomic E-state index is 14.8. The second kappa shape index (κ2) is 9.14. The fourth-order valence-corrected chi connectivity index (χ4v) is 5.34. The molecule has 5 heterocycles. The Morgan fingerprint density at radius 3 is 2.94 bits per heavy atom. The molecule has 0 spiro atoms. The summed E-state index contributed by atoms with van der Waals surface area (Å²) in [5.74, 6) is 0.323. The number of amides is 1. The van der Waals surface area contributed by atoms with Gasteiger partial charge >= 0.3 is 0 Å². The van der Waals surface area contributed by atoms with Gasteiger partial charge in [0.05, 0.1) is 36.7 Å². The number of fused-ring (bicyclic) bond motifs is 2. The lowest BCUT2D eigenvalue weighted by atomic mass is 10.1. The van der Waals surface area contributed by atoms with Crippen molar-refractivity contribution in [3.63, 3.8) is 0 Å². The van der Waals surface area contributed by atoms with Crippen molar-refractivity contribution >= 4 is 28.4 Å². The summed E-state index contributed by atoms with van der Waals surface area (Å²) in [6.45, 7) is 0.551. The summed E-state index contributed by atoms with van der Waals surface area (Å²) >= 11 is 0. The van der Waals surface area contributed by atoms with E-state index in [2.05, 4.69) is 20.7 Å². The van der Waals surface area contributed by atoms with Crippen molar-refractivity contribution in [1.29, 1.82) is 0 Å². The van der Waals surface area contributed by atoms with E-state index in [4.69, 9.17) is 9.72 Å². The van der Waals surface area contributed by atoms with Gasteiger partial charge in [-0.1, -0.05) is 0 Å². The molecule has 0 radical (unpaired) electrons. The van der Waals surface area contributed by atoms with E-state index in [-0.39, 0.29) is 24.6 Å². The minimum Gasteiger partial charge on any atom is -0.391 e. The van der Waals surface area contributed by atoms with Gasteiger partial charge in [0, 0.05) is 43.1 Å². The number of hydrogen-bond donors (Lipinski definition) is 3. The first-order valence-electron chi connectivity index (χ1n) is 12.3. The monoisotopic (exact) mass is 493 g/mol. The molecule has 188 valence electrons. The Balaban J connectivity index is 1.46. The van der Waals surface area contributed by atoms with E-state index in [1.165, 1.54) is 6.20 Å². The number of nitrogens with one attached hydrogen (secondary N) is 2. The van der Waals surface area contributed by atoms with E-state index in [9.17, 15) is 14.3 Å². The van der Waals surface area contributed by atoms with Crippen molar-refractivity contribution in [1.82, 2.24) is 29.5 Å². The fraction of sp³-hybridized carbons (Fsp3) is 0.440. The smallest absolute Gasteiger partial charge is 0.257 e. The molecule has 2 fully saturated rings. The number of anilines is 1. The number of aliphatic hydroxyl groups excluding tert-OH is 1. The number of hydrogen-bond acceptors (Lipinski definition) is 7. The Kier molecular flexibility index (Phi) is 5.81. The lowest BCUT2D eigenvalue weighted by molar-refractivity contribution is 0.00443. The molecule has 1 aliphatic heterocycles. The highest BCUT2D eigenvalue weighted by molar-refractivity contribution is 6.01. The first kappa shape index (κ1) is 22.9. The van der Waals surface area contributed by atoms with Crippen LogP contribution in [0.3, 0.4) is 0 Å². The molecule has 6 rings (SSSR count). The number of carbonyl (C=O) groups excluding carboxylic acids is 1. The summed E-state index contributed by atoms with van der Waals surface area (Å²) in [4.78, 5) is 22.5. The highest BCUT2D eigenvalue weighted by Gasteiger charge is 2.31. The number of carbonyl (C=O) groups is 1. The average Bonchev–Trinajstić information content (AvgIpc) is 3.61. The van der Waals surface area contributed by atoms with Gasteiger partial charge in [-0.05, 0) is 37.8 Å². The van der Waals surface area contributed by atoms with Gasteiger partial charge in [0.2, 0.25) is 0 Å². The molecule has 3 N–H and O–H groups in total. The lowest BCUT2D eigenvalue weighted by Gasteiger charge is -2.27. The van der Waals surface area contributed by atoms with Crippen LogP contribution in [0, 0.1) is 0 Å². The topological polar surface area (TPSA) is 119 Å². The van der Waals surface area contributed by atoms with Crippen LogP contribution in [-0.2, 0) is 4.74 Å². The first-order valence-corrected chi connectivity index (χ1v) is 12.3. The molecule has 0 aromatic carbocycles. The number of halogens is 1. The van der Waals surface area contributed by atoms with Crippen LogP contribution in [0.4, 0.5) is 10.2 Å². The van der Waals surface area contributed by atoms with Crippen LogP contribution in [0.25, 0.3) is 27.9 Å². The molecule has 1 saturated carbocycles. The number of nitrogens with zero attached hydrogens (tertiary/aromatic N) is 5. The van der Waals surface area contributed by atoms with Gasteiger partial charge in [-0.3, -0.25) is 4.79 Å². The van der Waals surface area contributed by atoms with Gasteiger partial charge in [0.1, 0.15) is 23.2 Å². The number of aromatic nitrogens is 5. The zero-order valence-corrected chi connectivity index (χ0v) is 19.9. The van der Waals surface area contributed by atoms with Crippen molar-refractivity contribution in [3.8, 4) is 11.3 Å². The summed E-state index contributed by atoms with van der Waals surface area (Å²) in [7, 11) is 1.77. The van der Waals surface area contributed by atoms with E-state index in [1.54, 1.807) is 17.8 Å². The molecule has 0 unspecified atom stereocenters. The Labute approximate surface area is 206 Å². The van der Waals surface area contributed by atoms with Gasteiger partial charge in [-0.2, -0.15) is 9.61 Å². The van der Waals surface area contributed by atoms with Crippen LogP contribution in [-0.4, -0.2) is 73.7 Å². The molecule has 11 heteroatoms. The Hall–Kier alpha value is -3.57. The molecule has 36 heavy (non-hydrogen) atoms. The van der Waals surface area contributed by atoms with Gasteiger partial charge in [-0.15, -0.1) is 0 Å². The summed E-state index contributed by atoms with van der Waals surface area (Å²) in [6.07, 6.45) is 6.24. The number of aliphatic hydroxyl groups is 1. The summed E-state index contributed by atoms with van der Waals surface area (Å²) in [5.41, 5.74) is 2.79. The summed E-state index contributed by atoms with van der Waals surface area (Å²) in [5, 5.41) is 21.4. The molecule has 1 aliphatic carbocycles. The van der Waals surface area contributed by atoms with Crippen molar-refractivity contribution in [2.24, 2.45) is 0 Å². The molecule has 10 nitrogen and oxygen atoms in total. The molecular weight excluding hydrogens is 465 g/mol. The van der Waals surface area contributed by atoms with E-state index >= 15 is 0 Å². The van der Waals surface area contributed by atoms with Gasteiger partial charge < -0.3 is 25.0 Å². The van der Waals surface area contributed by atoms with Crippen LogP contribution in [0.5, 0.6) is 0 Å². The molecule has 0 bridgehead atoms. The molecular formula is C25H28FN7O3. The normalized spacial score (nSPS) is 24.4. The van der Waals surface area contributed by atoms with Crippen LogP contribution in [0.2, 0.25) is 0 Å². The van der Waals surface area contributed by atoms with Crippen LogP contribution in [0.1, 0.15) is 42.1 Å². The standard InChI is InChI=1S/C25H28FN7O3/c1-27-22-10-19(30-24-15(11-29-33(22)24)25(35)31-18-5-2-6-21(18)34)16-12-32(20-7-9-36-13-17(20)26)23-14(16)4-3-8-28-23/h3-4,8,10-12,17-18,20-21,27,34H,2,5-7,9,13H2,1H3,(H,31,35)/t17-,18-,20+,21+/m1/s1. The van der Waals surface area contributed by atoms with Crippen LogP contribution < -0.4 is 10.6 Å². The predicted molar refractivity (Wildman–Crippen MR) is 132 cm³/mol. The SMILES string of the molecule is CNc1cc(-c2cn([C@H]3CCOC[C@H]3F)c3ncccc23)nc2c(C(=O)N[C@@H]3CCC[C@@H]3O)cnn12. The Morgan fingerprint density at radius 1 is 1.28 bits per heavy atom. The van der Waals surface area contributed by atoms with Crippen molar-refractivity contribution in [3.05, 3.63) is 42.4 Å². The third kappa shape index (κ3) is 3.79. The average molecular weight is 494 g/mol. The van der Waals surface area contributed by atoms with E-state index in [0.29, 0.717) is 47.8 Å². The van der Waals surface area contributed by atoms with E-state index in [1.807, 2.05) is 29.0 Å². The zero-order chi connectivity index (χ0) is 24.8. The van der Waals surface area contributed by atoms with Crippen LogP contribution >= 0.6 is 0 Å². The number of rotatable bonds is 5. The molecule has 1 amide bonds. The highest BCUT2D eigenvalue weighted by Crippen LogP contribution is 2.35. The molecule has 2 aliphatic rings. The van der Waals surface area contributed by atoms with Crippen molar-refractivity contribution < 1.29 is 19.0 Å². The minimum atomic E-state index is -1.14. The van der Waals surface area contributed by atoms with E-state index < -0.39 is 12.3 Å². The predicted octanol–water partition coefficient (Wildman–Crippen LogP) is 2.73. The van der Waals surface area contributed by atoms with Crippen molar-refractivity contribution in [2.45, 2.75) is 50.0 Å². The summed E-state index contributed by atoms with van der Waals surface area (Å²) < 4.78 is 23.6. The Bertz CT molecular complexity index is 1430. The minimum absolute atomic E-state index is 0.0601. The highest BCUT2D eigenvalue weighted by atomic mass is 19.1. The number of pyridine rings is 1. The van der Waals surface area contributed by atoms with Crippen LogP contribution in [0.15, 0.2) is 36.8 Å². The third-order valence-corrected chi connectivity index (χ3v) is 7.24.